The van der Waals surface area contributed by atoms with Crippen molar-refractivity contribution in [3.05, 3.63) is 52.5 Å². The molecule has 0 saturated carbocycles. The SMILES string of the molecule is CSc1ccc(Oc2ccc(Br)cc2C(=N)N)cc1. The smallest absolute Gasteiger partial charge is 0.138 e. The lowest BCUT2D eigenvalue weighted by atomic mass is 10.2. The first-order valence-electron chi connectivity index (χ1n) is 5.56. The van der Waals surface area contributed by atoms with Crippen LogP contribution in [0.2, 0.25) is 0 Å². The number of rotatable bonds is 4. The number of ether oxygens (including phenoxy) is 1. The first-order chi connectivity index (χ1) is 9.10. The van der Waals surface area contributed by atoms with Gasteiger partial charge in [0.1, 0.15) is 17.3 Å². The highest BCUT2D eigenvalue weighted by Gasteiger charge is 2.08. The van der Waals surface area contributed by atoms with Crippen LogP contribution >= 0.6 is 27.7 Å². The average molecular weight is 337 g/mol. The summed E-state index contributed by atoms with van der Waals surface area (Å²) in [5.74, 6) is 1.28. The molecule has 2 aromatic carbocycles. The second-order valence-corrected chi connectivity index (χ2v) is 5.63. The van der Waals surface area contributed by atoms with Gasteiger partial charge in [-0.25, -0.2) is 0 Å². The minimum absolute atomic E-state index is 0.0166. The lowest BCUT2D eigenvalue weighted by molar-refractivity contribution is 0.481. The van der Waals surface area contributed by atoms with Crippen LogP contribution in [0.1, 0.15) is 5.56 Å². The molecule has 0 saturated heterocycles. The van der Waals surface area contributed by atoms with Gasteiger partial charge in [0.05, 0.1) is 5.56 Å². The molecule has 5 heteroatoms. The molecular formula is C14H13BrN2OS. The lowest BCUT2D eigenvalue weighted by Crippen LogP contribution is -2.12. The van der Waals surface area contributed by atoms with E-state index in [9.17, 15) is 0 Å². The Morgan fingerprint density at radius 2 is 1.89 bits per heavy atom. The fourth-order valence-electron chi connectivity index (χ4n) is 1.57. The minimum Gasteiger partial charge on any atom is -0.457 e. The number of halogens is 1. The second-order valence-electron chi connectivity index (χ2n) is 3.83. The zero-order valence-corrected chi connectivity index (χ0v) is 12.7. The van der Waals surface area contributed by atoms with Crippen LogP contribution in [0.15, 0.2) is 51.8 Å². The van der Waals surface area contributed by atoms with Gasteiger partial charge in [-0.15, -0.1) is 11.8 Å². The van der Waals surface area contributed by atoms with E-state index in [1.54, 1.807) is 23.9 Å². The van der Waals surface area contributed by atoms with Gasteiger partial charge in [0, 0.05) is 9.37 Å². The molecule has 98 valence electrons. The normalized spacial score (nSPS) is 10.2. The van der Waals surface area contributed by atoms with Gasteiger partial charge in [0.25, 0.3) is 0 Å². The Bertz CT molecular complexity index is 599. The third kappa shape index (κ3) is 3.52. The molecule has 0 heterocycles. The number of nitrogens with one attached hydrogen (secondary N) is 1. The third-order valence-corrected chi connectivity index (χ3v) is 3.76. The molecule has 0 radical (unpaired) electrons. The van der Waals surface area contributed by atoms with Crippen molar-refractivity contribution in [2.24, 2.45) is 5.73 Å². The van der Waals surface area contributed by atoms with Gasteiger partial charge >= 0.3 is 0 Å². The monoisotopic (exact) mass is 336 g/mol. The third-order valence-electron chi connectivity index (χ3n) is 2.52. The van der Waals surface area contributed by atoms with Crippen LogP contribution in [-0.4, -0.2) is 12.1 Å². The number of amidine groups is 1. The average Bonchev–Trinajstić information content (AvgIpc) is 2.41. The van der Waals surface area contributed by atoms with Crippen LogP contribution in [0.25, 0.3) is 0 Å². The highest BCUT2D eigenvalue weighted by molar-refractivity contribution is 9.10. The number of nitrogens with two attached hydrogens (primary N) is 1. The summed E-state index contributed by atoms with van der Waals surface area (Å²) in [5.41, 5.74) is 6.13. The van der Waals surface area contributed by atoms with E-state index in [1.165, 1.54) is 4.90 Å². The van der Waals surface area contributed by atoms with Crippen LogP contribution in [0.4, 0.5) is 0 Å². The molecule has 3 nitrogen and oxygen atoms in total. The van der Waals surface area contributed by atoms with E-state index < -0.39 is 0 Å². The van der Waals surface area contributed by atoms with E-state index in [4.69, 9.17) is 15.9 Å². The molecule has 0 aliphatic carbocycles. The molecule has 2 rings (SSSR count). The molecule has 0 spiro atoms. The van der Waals surface area contributed by atoms with Crippen molar-refractivity contribution in [1.82, 2.24) is 0 Å². The predicted octanol–water partition coefficient (Wildman–Crippen LogP) is 4.25. The van der Waals surface area contributed by atoms with Crippen molar-refractivity contribution in [1.29, 1.82) is 5.41 Å². The zero-order valence-electron chi connectivity index (χ0n) is 10.3. The summed E-state index contributed by atoms with van der Waals surface area (Å²) in [5, 5.41) is 7.58. The van der Waals surface area contributed by atoms with E-state index in [-0.39, 0.29) is 5.84 Å². The van der Waals surface area contributed by atoms with Crippen LogP contribution in [0, 0.1) is 5.41 Å². The summed E-state index contributed by atoms with van der Waals surface area (Å²) in [6, 6.07) is 13.2. The molecule has 0 bridgehead atoms. The maximum Gasteiger partial charge on any atom is 0.138 e. The van der Waals surface area contributed by atoms with Gasteiger partial charge in [0.2, 0.25) is 0 Å². The summed E-state index contributed by atoms with van der Waals surface area (Å²) < 4.78 is 6.64. The summed E-state index contributed by atoms with van der Waals surface area (Å²) in [6.45, 7) is 0. The van der Waals surface area contributed by atoms with E-state index in [0.717, 1.165) is 10.2 Å². The summed E-state index contributed by atoms with van der Waals surface area (Å²) in [7, 11) is 0. The Balaban J connectivity index is 2.29. The first-order valence-corrected chi connectivity index (χ1v) is 7.58. The van der Waals surface area contributed by atoms with Crippen molar-refractivity contribution in [3.8, 4) is 11.5 Å². The Morgan fingerprint density at radius 3 is 2.47 bits per heavy atom. The van der Waals surface area contributed by atoms with E-state index >= 15 is 0 Å². The Kier molecular flexibility index (Phi) is 4.50. The topological polar surface area (TPSA) is 59.1 Å². The molecule has 0 amide bonds. The van der Waals surface area contributed by atoms with Crippen LogP contribution < -0.4 is 10.5 Å². The fourth-order valence-corrected chi connectivity index (χ4v) is 2.34. The second kappa shape index (κ2) is 6.12. The number of hydrogen-bond acceptors (Lipinski definition) is 3. The standard InChI is InChI=1S/C14H13BrN2OS/c1-19-11-5-3-10(4-6-11)18-13-7-2-9(15)8-12(13)14(16)17/h2-8H,1H3,(H3,16,17). The molecule has 0 unspecified atom stereocenters. The molecule has 0 fully saturated rings. The molecule has 0 aliphatic heterocycles. The highest BCUT2D eigenvalue weighted by atomic mass is 79.9. The quantitative estimate of drug-likeness (QED) is 0.498. The molecule has 0 aliphatic rings. The van der Waals surface area contributed by atoms with Gasteiger partial charge in [0.15, 0.2) is 0 Å². The molecule has 19 heavy (non-hydrogen) atoms. The fraction of sp³-hybridized carbons (Fsp3) is 0.0714. The predicted molar refractivity (Wildman–Crippen MR) is 83.5 cm³/mol. The van der Waals surface area contributed by atoms with Crippen molar-refractivity contribution < 1.29 is 4.74 Å². The Hall–Kier alpha value is -1.46. The van der Waals surface area contributed by atoms with Crippen molar-refractivity contribution in [2.45, 2.75) is 4.90 Å². The molecular weight excluding hydrogens is 324 g/mol. The maximum atomic E-state index is 7.58. The van der Waals surface area contributed by atoms with Crippen LogP contribution in [0.3, 0.4) is 0 Å². The van der Waals surface area contributed by atoms with Crippen molar-refractivity contribution in [3.63, 3.8) is 0 Å². The van der Waals surface area contributed by atoms with Gasteiger partial charge in [-0.2, -0.15) is 0 Å². The van der Waals surface area contributed by atoms with Crippen molar-refractivity contribution in [2.75, 3.05) is 6.26 Å². The van der Waals surface area contributed by atoms with Gasteiger partial charge < -0.3 is 10.5 Å². The van der Waals surface area contributed by atoms with Gasteiger partial charge in [-0.05, 0) is 48.7 Å². The summed E-state index contributed by atoms with van der Waals surface area (Å²) in [4.78, 5) is 1.18. The molecule has 0 atom stereocenters. The van der Waals surface area contributed by atoms with Gasteiger partial charge in [-0.1, -0.05) is 15.9 Å². The van der Waals surface area contributed by atoms with Crippen LogP contribution in [-0.2, 0) is 0 Å². The summed E-state index contributed by atoms with van der Waals surface area (Å²) >= 11 is 5.04. The maximum absolute atomic E-state index is 7.58. The molecule has 2 aromatic rings. The van der Waals surface area contributed by atoms with E-state index in [2.05, 4.69) is 15.9 Å². The van der Waals surface area contributed by atoms with Crippen LogP contribution in [0.5, 0.6) is 11.5 Å². The number of hydrogen-bond donors (Lipinski definition) is 2. The van der Waals surface area contributed by atoms with Crippen molar-refractivity contribution >= 4 is 33.5 Å². The number of thioether (sulfide) groups is 1. The Morgan fingerprint density at radius 1 is 1.21 bits per heavy atom. The largest absolute Gasteiger partial charge is 0.457 e. The zero-order chi connectivity index (χ0) is 13.8. The number of benzene rings is 2. The number of nitrogen functional groups attached to an aromatic ring is 1. The molecule has 3 N–H and O–H groups in total. The first kappa shape index (κ1) is 14.0. The van der Waals surface area contributed by atoms with E-state index in [1.807, 2.05) is 36.6 Å². The minimum atomic E-state index is -0.0166. The lowest BCUT2D eigenvalue weighted by Gasteiger charge is -2.11. The van der Waals surface area contributed by atoms with E-state index in [0.29, 0.717) is 11.3 Å². The van der Waals surface area contributed by atoms with Gasteiger partial charge in [-0.3, -0.25) is 5.41 Å². The Labute approximate surface area is 124 Å². The summed E-state index contributed by atoms with van der Waals surface area (Å²) in [6.07, 6.45) is 2.03. The highest BCUT2D eigenvalue weighted by Crippen LogP contribution is 2.29. The molecule has 0 aromatic heterocycles.